The summed E-state index contributed by atoms with van der Waals surface area (Å²) in [6.07, 6.45) is 1.15. The van der Waals surface area contributed by atoms with Crippen molar-refractivity contribution in [1.82, 2.24) is 9.80 Å². The maximum absolute atomic E-state index is 12.4. The Bertz CT molecular complexity index is 565. The quantitative estimate of drug-likeness (QED) is 0.892. The van der Waals surface area contributed by atoms with Crippen LogP contribution in [0.15, 0.2) is 30.3 Å². The van der Waals surface area contributed by atoms with Crippen molar-refractivity contribution in [2.75, 3.05) is 26.2 Å². The highest BCUT2D eigenvalue weighted by atomic mass is 16.4. The Kier molecular flexibility index (Phi) is 5.73. The Morgan fingerprint density at radius 1 is 1.17 bits per heavy atom. The molecule has 1 saturated heterocycles. The summed E-state index contributed by atoms with van der Waals surface area (Å²) in [6.45, 7) is 2.94. The van der Waals surface area contributed by atoms with E-state index < -0.39 is 5.97 Å². The summed E-state index contributed by atoms with van der Waals surface area (Å²) in [6, 6.07) is 9.09. The van der Waals surface area contributed by atoms with Crippen LogP contribution in [-0.4, -0.2) is 58.9 Å². The molecule has 0 aliphatic carbocycles. The number of carbonyl (C=O) groups excluding carboxylic acids is 2. The van der Waals surface area contributed by atoms with Gasteiger partial charge in [-0.3, -0.25) is 14.4 Å². The third-order valence-electron chi connectivity index (χ3n) is 4.17. The molecule has 6 nitrogen and oxygen atoms in total. The number of rotatable bonds is 5. The number of piperidine rings is 1. The molecule has 1 aromatic rings. The van der Waals surface area contributed by atoms with Crippen LogP contribution in [0.25, 0.3) is 0 Å². The van der Waals surface area contributed by atoms with Gasteiger partial charge in [-0.1, -0.05) is 18.2 Å². The lowest BCUT2D eigenvalue weighted by Gasteiger charge is -2.33. The van der Waals surface area contributed by atoms with Gasteiger partial charge in [-0.25, -0.2) is 0 Å². The van der Waals surface area contributed by atoms with Gasteiger partial charge in [0.05, 0.1) is 0 Å². The molecule has 2 rings (SSSR count). The molecule has 0 spiro atoms. The number of nitrogens with zero attached hydrogens (tertiary/aromatic N) is 2. The fourth-order valence-electron chi connectivity index (χ4n) is 2.86. The van der Waals surface area contributed by atoms with Crippen LogP contribution in [-0.2, 0) is 9.59 Å². The minimum absolute atomic E-state index is 0.0191. The zero-order valence-electron chi connectivity index (χ0n) is 13.3. The van der Waals surface area contributed by atoms with E-state index in [0.29, 0.717) is 38.0 Å². The van der Waals surface area contributed by atoms with E-state index in [9.17, 15) is 14.4 Å². The van der Waals surface area contributed by atoms with Crippen LogP contribution >= 0.6 is 0 Å². The number of aliphatic carboxylic acids is 1. The SMILES string of the molecule is CCN(CC(=O)O)C(=O)C1CCN(C(=O)c2ccccc2)CC1. The van der Waals surface area contributed by atoms with Gasteiger partial charge in [0.15, 0.2) is 0 Å². The van der Waals surface area contributed by atoms with Crippen molar-refractivity contribution in [3.05, 3.63) is 35.9 Å². The lowest BCUT2D eigenvalue weighted by Crippen LogP contribution is -2.45. The van der Waals surface area contributed by atoms with Crippen LogP contribution in [0, 0.1) is 5.92 Å². The summed E-state index contributed by atoms with van der Waals surface area (Å²) >= 11 is 0. The van der Waals surface area contributed by atoms with Crippen LogP contribution in [0.5, 0.6) is 0 Å². The summed E-state index contributed by atoms with van der Waals surface area (Å²) in [5.41, 5.74) is 0.651. The van der Waals surface area contributed by atoms with Gasteiger partial charge >= 0.3 is 5.97 Å². The molecule has 124 valence electrons. The number of hydrogen-bond acceptors (Lipinski definition) is 3. The number of carboxylic acid groups (broad SMARTS) is 1. The van der Waals surface area contributed by atoms with Gasteiger partial charge in [-0.15, -0.1) is 0 Å². The number of amides is 2. The molecule has 1 aliphatic heterocycles. The molecule has 0 bridgehead atoms. The van der Waals surface area contributed by atoms with E-state index in [4.69, 9.17) is 5.11 Å². The number of likely N-dealkylation sites (tertiary alicyclic amines) is 1. The maximum Gasteiger partial charge on any atom is 0.323 e. The first kappa shape index (κ1) is 17.0. The average molecular weight is 318 g/mol. The third kappa shape index (κ3) is 4.31. The van der Waals surface area contributed by atoms with Crippen molar-refractivity contribution in [1.29, 1.82) is 0 Å². The number of hydrogen-bond donors (Lipinski definition) is 1. The summed E-state index contributed by atoms with van der Waals surface area (Å²) in [7, 11) is 0. The molecular formula is C17H22N2O4. The van der Waals surface area contributed by atoms with E-state index in [-0.39, 0.29) is 24.3 Å². The van der Waals surface area contributed by atoms with Crippen molar-refractivity contribution in [2.45, 2.75) is 19.8 Å². The number of carboxylic acids is 1. The van der Waals surface area contributed by atoms with Crippen molar-refractivity contribution in [2.24, 2.45) is 5.92 Å². The molecule has 0 radical (unpaired) electrons. The van der Waals surface area contributed by atoms with E-state index in [1.165, 1.54) is 4.90 Å². The second kappa shape index (κ2) is 7.76. The largest absolute Gasteiger partial charge is 0.480 e. The average Bonchev–Trinajstić information content (AvgIpc) is 2.59. The van der Waals surface area contributed by atoms with E-state index in [1.807, 2.05) is 18.2 Å². The van der Waals surface area contributed by atoms with Crippen LogP contribution in [0.1, 0.15) is 30.1 Å². The molecule has 1 heterocycles. The van der Waals surface area contributed by atoms with E-state index >= 15 is 0 Å². The Balaban J connectivity index is 1.91. The Hall–Kier alpha value is -2.37. The molecular weight excluding hydrogens is 296 g/mol. The van der Waals surface area contributed by atoms with Crippen LogP contribution in [0.2, 0.25) is 0 Å². The molecule has 6 heteroatoms. The van der Waals surface area contributed by atoms with E-state index in [2.05, 4.69) is 0 Å². The molecule has 0 atom stereocenters. The zero-order chi connectivity index (χ0) is 16.8. The van der Waals surface area contributed by atoms with Crippen LogP contribution < -0.4 is 0 Å². The van der Waals surface area contributed by atoms with Gasteiger partial charge in [-0.05, 0) is 31.9 Å². The minimum atomic E-state index is -1.00. The number of carbonyl (C=O) groups is 3. The zero-order valence-corrected chi connectivity index (χ0v) is 13.3. The van der Waals surface area contributed by atoms with Gasteiger partial charge in [0, 0.05) is 31.1 Å². The van der Waals surface area contributed by atoms with Gasteiger partial charge in [0.1, 0.15) is 6.54 Å². The van der Waals surface area contributed by atoms with E-state index in [1.54, 1.807) is 24.0 Å². The lowest BCUT2D eigenvalue weighted by molar-refractivity contribution is -0.146. The lowest BCUT2D eigenvalue weighted by atomic mass is 9.94. The molecule has 23 heavy (non-hydrogen) atoms. The summed E-state index contributed by atoms with van der Waals surface area (Å²) in [5.74, 6) is -1.35. The molecule has 0 unspecified atom stereocenters. The topological polar surface area (TPSA) is 77.9 Å². The number of benzene rings is 1. The van der Waals surface area contributed by atoms with Crippen molar-refractivity contribution < 1.29 is 19.5 Å². The van der Waals surface area contributed by atoms with Gasteiger partial charge < -0.3 is 14.9 Å². The number of likely N-dealkylation sites (N-methyl/N-ethyl adjacent to an activating group) is 1. The van der Waals surface area contributed by atoms with E-state index in [0.717, 1.165) is 0 Å². The second-order valence-corrected chi connectivity index (χ2v) is 5.68. The van der Waals surface area contributed by atoms with Gasteiger partial charge in [0.25, 0.3) is 5.91 Å². The Morgan fingerprint density at radius 3 is 2.30 bits per heavy atom. The maximum atomic E-state index is 12.4. The predicted octanol–water partition coefficient (Wildman–Crippen LogP) is 1.47. The van der Waals surface area contributed by atoms with Gasteiger partial charge in [0.2, 0.25) is 5.91 Å². The van der Waals surface area contributed by atoms with Gasteiger partial charge in [-0.2, -0.15) is 0 Å². The molecule has 1 aliphatic rings. The first-order valence-electron chi connectivity index (χ1n) is 7.87. The van der Waals surface area contributed by atoms with Crippen molar-refractivity contribution >= 4 is 17.8 Å². The molecule has 0 saturated carbocycles. The minimum Gasteiger partial charge on any atom is -0.480 e. The highest BCUT2D eigenvalue weighted by Gasteiger charge is 2.30. The Morgan fingerprint density at radius 2 is 1.78 bits per heavy atom. The molecule has 1 fully saturated rings. The summed E-state index contributed by atoms with van der Waals surface area (Å²) in [5, 5.41) is 8.86. The summed E-state index contributed by atoms with van der Waals surface area (Å²) < 4.78 is 0. The molecule has 1 aromatic carbocycles. The van der Waals surface area contributed by atoms with Crippen LogP contribution in [0.3, 0.4) is 0 Å². The fraction of sp³-hybridized carbons (Fsp3) is 0.471. The monoisotopic (exact) mass is 318 g/mol. The first-order valence-corrected chi connectivity index (χ1v) is 7.87. The standard InChI is InChI=1S/C17H22N2O4/c1-2-18(12-15(20)21)16(22)14-8-10-19(11-9-14)17(23)13-6-4-3-5-7-13/h3-7,14H,2,8-12H2,1H3,(H,20,21). The highest BCUT2D eigenvalue weighted by Crippen LogP contribution is 2.21. The highest BCUT2D eigenvalue weighted by molar-refractivity contribution is 5.94. The Labute approximate surface area is 135 Å². The normalized spacial score (nSPS) is 15.3. The molecule has 0 aromatic heterocycles. The smallest absolute Gasteiger partial charge is 0.323 e. The second-order valence-electron chi connectivity index (χ2n) is 5.68. The first-order chi connectivity index (χ1) is 11.0. The summed E-state index contributed by atoms with van der Waals surface area (Å²) in [4.78, 5) is 38.7. The van der Waals surface area contributed by atoms with Crippen LogP contribution in [0.4, 0.5) is 0 Å². The molecule has 2 amide bonds. The third-order valence-corrected chi connectivity index (χ3v) is 4.17. The fourth-order valence-corrected chi connectivity index (χ4v) is 2.86. The van der Waals surface area contributed by atoms with Crippen molar-refractivity contribution in [3.8, 4) is 0 Å². The predicted molar refractivity (Wildman–Crippen MR) is 85.0 cm³/mol. The van der Waals surface area contributed by atoms with Crippen molar-refractivity contribution in [3.63, 3.8) is 0 Å². The molecule has 1 N–H and O–H groups in total.